The Hall–Kier alpha value is -2.91. The molecule has 154 valence electrons. The van der Waals surface area contributed by atoms with Crippen LogP contribution in [0, 0.1) is 0 Å². The normalized spacial score (nSPS) is 11.0. The molecular formula is C21H21N5O2S2. The highest BCUT2D eigenvalue weighted by atomic mass is 32.2. The van der Waals surface area contributed by atoms with Gasteiger partial charge in [-0.3, -0.25) is 4.79 Å². The van der Waals surface area contributed by atoms with E-state index in [4.69, 9.17) is 4.74 Å². The third-order valence-electron chi connectivity index (χ3n) is 4.33. The van der Waals surface area contributed by atoms with E-state index in [1.807, 2.05) is 66.9 Å². The lowest BCUT2D eigenvalue weighted by atomic mass is 10.2. The minimum atomic E-state index is -0.118. The van der Waals surface area contributed by atoms with Crippen LogP contribution in [-0.4, -0.2) is 38.0 Å². The lowest BCUT2D eigenvalue weighted by Gasteiger charge is -2.08. The van der Waals surface area contributed by atoms with E-state index < -0.39 is 0 Å². The second-order valence-electron chi connectivity index (χ2n) is 6.33. The molecule has 9 heteroatoms. The van der Waals surface area contributed by atoms with Gasteiger partial charge in [-0.2, -0.15) is 0 Å². The summed E-state index contributed by atoms with van der Waals surface area (Å²) in [6, 6.07) is 15.6. The van der Waals surface area contributed by atoms with E-state index >= 15 is 0 Å². The molecule has 30 heavy (non-hydrogen) atoms. The summed E-state index contributed by atoms with van der Waals surface area (Å²) < 4.78 is 8.55. The molecule has 0 fully saturated rings. The largest absolute Gasteiger partial charge is 0.494 e. The number of fused-ring (bicyclic) bond motifs is 1. The van der Waals surface area contributed by atoms with Gasteiger partial charge < -0.3 is 14.6 Å². The molecular weight excluding hydrogens is 418 g/mol. The molecule has 1 N–H and O–H groups in total. The maximum atomic E-state index is 12.4. The first kappa shape index (κ1) is 20.4. The SMILES string of the molecule is CCOc1ccc(-c2nnc(SCC(=O)Nc3nc4ccccc4s3)n2CC)cc1. The Morgan fingerprint density at radius 3 is 2.67 bits per heavy atom. The van der Waals surface area contributed by atoms with Gasteiger partial charge in [0, 0.05) is 12.1 Å². The van der Waals surface area contributed by atoms with Crippen LogP contribution in [0.15, 0.2) is 53.7 Å². The van der Waals surface area contributed by atoms with Gasteiger partial charge in [-0.05, 0) is 50.2 Å². The van der Waals surface area contributed by atoms with Gasteiger partial charge in [0.2, 0.25) is 5.91 Å². The van der Waals surface area contributed by atoms with E-state index in [9.17, 15) is 4.79 Å². The van der Waals surface area contributed by atoms with Crippen LogP contribution in [0.2, 0.25) is 0 Å². The number of benzene rings is 2. The van der Waals surface area contributed by atoms with E-state index in [0.29, 0.717) is 23.4 Å². The molecule has 0 spiro atoms. The van der Waals surface area contributed by atoms with Crippen LogP contribution in [0.3, 0.4) is 0 Å². The lowest BCUT2D eigenvalue weighted by molar-refractivity contribution is -0.113. The van der Waals surface area contributed by atoms with Crippen molar-refractivity contribution in [2.75, 3.05) is 17.7 Å². The minimum absolute atomic E-state index is 0.118. The summed E-state index contributed by atoms with van der Waals surface area (Å²) in [4.78, 5) is 16.8. The number of amides is 1. The van der Waals surface area contributed by atoms with Crippen molar-refractivity contribution in [2.45, 2.75) is 25.5 Å². The number of hydrogen-bond donors (Lipinski definition) is 1. The number of hydrogen-bond acceptors (Lipinski definition) is 7. The van der Waals surface area contributed by atoms with Crippen LogP contribution in [-0.2, 0) is 11.3 Å². The van der Waals surface area contributed by atoms with E-state index in [-0.39, 0.29) is 11.7 Å². The third kappa shape index (κ3) is 4.47. The molecule has 0 radical (unpaired) electrons. The van der Waals surface area contributed by atoms with E-state index in [1.54, 1.807) is 0 Å². The molecule has 0 unspecified atom stereocenters. The lowest BCUT2D eigenvalue weighted by Crippen LogP contribution is -2.14. The molecule has 0 saturated heterocycles. The average Bonchev–Trinajstić information content (AvgIpc) is 3.36. The number of carbonyl (C=O) groups excluding carboxylic acids is 1. The summed E-state index contributed by atoms with van der Waals surface area (Å²) in [5.41, 5.74) is 1.84. The van der Waals surface area contributed by atoms with Crippen molar-refractivity contribution in [3.8, 4) is 17.1 Å². The van der Waals surface area contributed by atoms with Crippen LogP contribution < -0.4 is 10.1 Å². The predicted octanol–water partition coefficient (Wildman–Crippen LogP) is 4.70. The second-order valence-corrected chi connectivity index (χ2v) is 8.30. The van der Waals surface area contributed by atoms with Crippen LogP contribution in [0.1, 0.15) is 13.8 Å². The minimum Gasteiger partial charge on any atom is -0.494 e. The highest BCUT2D eigenvalue weighted by Crippen LogP contribution is 2.27. The van der Waals surface area contributed by atoms with Gasteiger partial charge in [0.05, 0.1) is 22.6 Å². The number of carbonyl (C=O) groups is 1. The fourth-order valence-electron chi connectivity index (χ4n) is 2.97. The summed E-state index contributed by atoms with van der Waals surface area (Å²) >= 11 is 2.83. The topological polar surface area (TPSA) is 81.9 Å². The third-order valence-corrected chi connectivity index (χ3v) is 6.25. The van der Waals surface area contributed by atoms with Crippen LogP contribution in [0.25, 0.3) is 21.6 Å². The Kier molecular flexibility index (Phi) is 6.29. The Labute approximate surface area is 182 Å². The summed E-state index contributed by atoms with van der Waals surface area (Å²) in [5.74, 6) is 1.71. The second kappa shape index (κ2) is 9.27. The number of rotatable bonds is 8. The van der Waals surface area contributed by atoms with E-state index in [2.05, 4.69) is 20.5 Å². The fourth-order valence-corrected chi connectivity index (χ4v) is 4.66. The molecule has 0 aliphatic rings. The average molecular weight is 440 g/mol. The molecule has 2 heterocycles. The van der Waals surface area contributed by atoms with Gasteiger partial charge in [0.25, 0.3) is 0 Å². The smallest absolute Gasteiger partial charge is 0.236 e. The van der Waals surface area contributed by atoms with Gasteiger partial charge >= 0.3 is 0 Å². The quantitative estimate of drug-likeness (QED) is 0.401. The summed E-state index contributed by atoms with van der Waals surface area (Å²) in [6.07, 6.45) is 0. The molecule has 0 aliphatic carbocycles. The summed E-state index contributed by atoms with van der Waals surface area (Å²) in [7, 11) is 0. The van der Waals surface area contributed by atoms with E-state index in [0.717, 1.165) is 27.4 Å². The zero-order valence-corrected chi connectivity index (χ0v) is 18.3. The highest BCUT2D eigenvalue weighted by molar-refractivity contribution is 7.99. The first-order chi connectivity index (χ1) is 14.7. The maximum absolute atomic E-state index is 12.4. The Morgan fingerprint density at radius 2 is 1.93 bits per heavy atom. The van der Waals surface area contributed by atoms with Crippen LogP contribution in [0.5, 0.6) is 5.75 Å². The fraction of sp³-hybridized carbons (Fsp3) is 0.238. The van der Waals surface area contributed by atoms with Crippen LogP contribution in [0.4, 0.5) is 5.13 Å². The van der Waals surface area contributed by atoms with Gasteiger partial charge in [0.15, 0.2) is 16.1 Å². The summed E-state index contributed by atoms with van der Waals surface area (Å²) in [6.45, 7) is 5.33. The number of aromatic nitrogens is 4. The number of thioether (sulfide) groups is 1. The molecule has 2 aromatic carbocycles. The highest BCUT2D eigenvalue weighted by Gasteiger charge is 2.15. The monoisotopic (exact) mass is 439 g/mol. The first-order valence-corrected chi connectivity index (χ1v) is 11.4. The van der Waals surface area contributed by atoms with Crippen LogP contribution >= 0.6 is 23.1 Å². The molecule has 0 bridgehead atoms. The van der Waals surface area contributed by atoms with Crippen molar-refractivity contribution < 1.29 is 9.53 Å². The number of ether oxygens (including phenoxy) is 1. The molecule has 1 amide bonds. The van der Waals surface area contributed by atoms with Crippen molar-refractivity contribution in [3.05, 3.63) is 48.5 Å². The van der Waals surface area contributed by atoms with Gasteiger partial charge in [-0.1, -0.05) is 35.2 Å². The first-order valence-electron chi connectivity index (χ1n) is 9.62. The molecule has 0 atom stereocenters. The van der Waals surface area contributed by atoms with Crippen molar-refractivity contribution in [2.24, 2.45) is 0 Å². The number of para-hydroxylation sites is 1. The number of nitrogens with zero attached hydrogens (tertiary/aromatic N) is 4. The molecule has 4 aromatic rings. The van der Waals surface area contributed by atoms with Crippen molar-refractivity contribution >= 4 is 44.4 Å². The molecule has 2 aromatic heterocycles. The van der Waals surface area contributed by atoms with Crippen molar-refractivity contribution in [1.29, 1.82) is 0 Å². The van der Waals surface area contributed by atoms with E-state index in [1.165, 1.54) is 23.1 Å². The van der Waals surface area contributed by atoms with Gasteiger partial charge in [-0.25, -0.2) is 4.98 Å². The standard InChI is InChI=1S/C21H21N5O2S2/c1-3-26-19(14-9-11-15(12-10-14)28-4-2)24-25-21(26)29-13-18(27)23-20-22-16-7-5-6-8-17(16)30-20/h5-12H,3-4,13H2,1-2H3,(H,22,23,27). The molecule has 7 nitrogen and oxygen atoms in total. The van der Waals surface area contributed by atoms with Gasteiger partial charge in [-0.15, -0.1) is 10.2 Å². The van der Waals surface area contributed by atoms with Crippen molar-refractivity contribution in [1.82, 2.24) is 19.7 Å². The molecule has 0 aliphatic heterocycles. The molecule has 0 saturated carbocycles. The zero-order chi connectivity index (χ0) is 20.9. The Balaban J connectivity index is 1.42. The van der Waals surface area contributed by atoms with Crippen molar-refractivity contribution in [3.63, 3.8) is 0 Å². The summed E-state index contributed by atoms with van der Waals surface area (Å²) in [5, 5.41) is 12.8. The number of anilines is 1. The maximum Gasteiger partial charge on any atom is 0.236 e. The zero-order valence-electron chi connectivity index (χ0n) is 16.7. The predicted molar refractivity (Wildman–Crippen MR) is 121 cm³/mol. The Bertz CT molecular complexity index is 1120. The number of thiazole rings is 1. The molecule has 4 rings (SSSR count). The van der Waals surface area contributed by atoms with Gasteiger partial charge in [0.1, 0.15) is 5.75 Å². The Morgan fingerprint density at radius 1 is 1.13 bits per heavy atom. The number of nitrogens with one attached hydrogen (secondary N) is 1.